The Labute approximate surface area is 150 Å². The summed E-state index contributed by atoms with van der Waals surface area (Å²) in [7, 11) is -3.50. The van der Waals surface area contributed by atoms with Gasteiger partial charge in [0.25, 0.3) is 10.0 Å². The van der Waals surface area contributed by atoms with Gasteiger partial charge in [-0.2, -0.15) is 4.31 Å². The number of hydrogen-bond acceptors (Lipinski definition) is 4. The van der Waals surface area contributed by atoms with Crippen LogP contribution in [0.1, 0.15) is 12.8 Å². The number of carbonyl (C=O) groups is 1. The largest absolute Gasteiger partial charge is 0.340 e. The van der Waals surface area contributed by atoms with E-state index in [1.807, 2.05) is 4.90 Å². The summed E-state index contributed by atoms with van der Waals surface area (Å²) < 4.78 is 27.4. The van der Waals surface area contributed by atoms with Crippen LogP contribution in [0, 0.1) is 17.8 Å². The number of piperazine rings is 1. The van der Waals surface area contributed by atoms with E-state index in [2.05, 4.69) is 12.2 Å². The predicted octanol–water partition coefficient (Wildman–Crippen LogP) is 2.45. The van der Waals surface area contributed by atoms with Crippen LogP contribution in [0.25, 0.3) is 0 Å². The van der Waals surface area contributed by atoms with E-state index in [-0.39, 0.29) is 16.0 Å². The summed E-state index contributed by atoms with van der Waals surface area (Å²) >= 11 is 6.92. The number of nitrogens with zero attached hydrogens (tertiary/aromatic N) is 2. The molecule has 130 valence electrons. The molecule has 5 nitrogen and oxygen atoms in total. The van der Waals surface area contributed by atoms with Crippen molar-refractivity contribution in [2.45, 2.75) is 17.1 Å². The Balaban J connectivity index is 1.40. The Hall–Kier alpha value is -0.890. The molecule has 2 fully saturated rings. The fourth-order valence-corrected chi connectivity index (χ4v) is 7.07. The van der Waals surface area contributed by atoms with Crippen molar-refractivity contribution in [1.29, 1.82) is 0 Å². The van der Waals surface area contributed by atoms with Crippen molar-refractivity contribution in [1.82, 2.24) is 9.21 Å². The molecule has 0 unspecified atom stereocenters. The molecule has 0 spiro atoms. The lowest BCUT2D eigenvalue weighted by Crippen LogP contribution is -2.52. The predicted molar refractivity (Wildman–Crippen MR) is 93.5 cm³/mol. The van der Waals surface area contributed by atoms with Crippen LogP contribution < -0.4 is 0 Å². The van der Waals surface area contributed by atoms with Gasteiger partial charge in [0, 0.05) is 32.1 Å². The van der Waals surface area contributed by atoms with Crippen LogP contribution >= 0.6 is 22.9 Å². The van der Waals surface area contributed by atoms with Gasteiger partial charge >= 0.3 is 0 Å². The summed E-state index contributed by atoms with van der Waals surface area (Å²) in [5, 5.41) is 0. The average molecular weight is 387 g/mol. The number of allylic oxidation sites excluding steroid dienone is 2. The van der Waals surface area contributed by atoms with Crippen molar-refractivity contribution < 1.29 is 13.2 Å². The van der Waals surface area contributed by atoms with E-state index in [0.29, 0.717) is 42.4 Å². The van der Waals surface area contributed by atoms with E-state index in [0.717, 1.165) is 24.2 Å². The molecule has 1 aromatic rings. The lowest BCUT2D eigenvalue weighted by Gasteiger charge is -2.36. The van der Waals surface area contributed by atoms with Gasteiger partial charge in [-0.15, -0.1) is 11.3 Å². The number of rotatable bonds is 3. The molecular formula is C16H19ClN2O3S2. The first-order valence-corrected chi connectivity index (χ1v) is 10.8. The third kappa shape index (κ3) is 2.81. The van der Waals surface area contributed by atoms with Crippen molar-refractivity contribution in [3.05, 3.63) is 28.6 Å². The molecule has 1 saturated carbocycles. The van der Waals surface area contributed by atoms with Crippen molar-refractivity contribution in [3.8, 4) is 0 Å². The lowest BCUT2D eigenvalue weighted by atomic mass is 9.92. The van der Waals surface area contributed by atoms with Gasteiger partial charge < -0.3 is 4.90 Å². The van der Waals surface area contributed by atoms with E-state index in [9.17, 15) is 13.2 Å². The van der Waals surface area contributed by atoms with Gasteiger partial charge in [-0.05, 0) is 36.8 Å². The van der Waals surface area contributed by atoms with Crippen LogP contribution in [0.4, 0.5) is 0 Å². The summed E-state index contributed by atoms with van der Waals surface area (Å²) in [5.41, 5.74) is 0. The molecule has 0 aromatic carbocycles. The van der Waals surface area contributed by atoms with Crippen LogP contribution in [0.15, 0.2) is 28.5 Å². The van der Waals surface area contributed by atoms with Gasteiger partial charge in [0.15, 0.2) is 0 Å². The first-order chi connectivity index (χ1) is 11.4. The summed E-state index contributed by atoms with van der Waals surface area (Å²) in [6, 6.07) is 3.14. The van der Waals surface area contributed by atoms with Gasteiger partial charge in [-0.3, -0.25) is 4.79 Å². The molecule has 2 bridgehead atoms. The number of halogens is 1. The second-order valence-electron chi connectivity index (χ2n) is 6.67. The average Bonchev–Trinajstić information content (AvgIpc) is 3.31. The van der Waals surface area contributed by atoms with Crippen molar-refractivity contribution >= 4 is 38.9 Å². The Morgan fingerprint density at radius 3 is 2.42 bits per heavy atom. The molecule has 3 aliphatic rings. The quantitative estimate of drug-likeness (QED) is 0.750. The number of hydrogen-bond donors (Lipinski definition) is 0. The van der Waals surface area contributed by atoms with E-state index in [1.54, 1.807) is 12.1 Å². The minimum absolute atomic E-state index is 0.0965. The highest BCUT2D eigenvalue weighted by Gasteiger charge is 2.42. The Bertz CT molecular complexity index is 781. The maximum atomic E-state index is 12.7. The molecule has 4 rings (SSSR count). The smallest absolute Gasteiger partial charge is 0.252 e. The first-order valence-electron chi connectivity index (χ1n) is 8.18. The van der Waals surface area contributed by atoms with Gasteiger partial charge in [-0.25, -0.2) is 8.42 Å². The van der Waals surface area contributed by atoms with E-state index < -0.39 is 10.0 Å². The molecule has 3 atom stereocenters. The monoisotopic (exact) mass is 386 g/mol. The van der Waals surface area contributed by atoms with E-state index >= 15 is 0 Å². The molecule has 2 aliphatic carbocycles. The van der Waals surface area contributed by atoms with Crippen molar-refractivity contribution in [2.24, 2.45) is 17.8 Å². The molecule has 0 radical (unpaired) electrons. The lowest BCUT2D eigenvalue weighted by molar-refractivity contribution is -0.137. The highest BCUT2D eigenvalue weighted by atomic mass is 35.5. The molecule has 0 N–H and O–H groups in total. The highest BCUT2D eigenvalue weighted by molar-refractivity contribution is 7.91. The Morgan fingerprint density at radius 2 is 1.88 bits per heavy atom. The molecule has 1 aromatic heterocycles. The third-order valence-corrected chi connectivity index (χ3v) is 8.89. The van der Waals surface area contributed by atoms with Gasteiger partial charge in [0.2, 0.25) is 5.91 Å². The summed E-state index contributed by atoms with van der Waals surface area (Å²) in [6.07, 6.45) is 6.46. The minimum atomic E-state index is -3.50. The van der Waals surface area contributed by atoms with Crippen LogP contribution in [-0.4, -0.2) is 49.7 Å². The number of thiophene rings is 1. The standard InChI is InChI=1S/C16H19ClN2O3S2/c17-14-3-4-15(23-14)24(21,22)19-7-5-18(6-8-19)16(20)13-10-11-1-2-12(13)9-11/h1-4,11-13H,5-10H2/t11-,12-,13-/m0/s1. The topological polar surface area (TPSA) is 57.7 Å². The van der Waals surface area contributed by atoms with E-state index in [4.69, 9.17) is 11.6 Å². The molecule has 1 amide bonds. The van der Waals surface area contributed by atoms with E-state index in [1.165, 1.54) is 4.31 Å². The molecule has 1 aliphatic heterocycles. The Kier molecular flexibility index (Phi) is 4.23. The zero-order valence-electron chi connectivity index (χ0n) is 13.1. The molecule has 2 heterocycles. The summed E-state index contributed by atoms with van der Waals surface area (Å²) in [4.78, 5) is 14.6. The normalized spacial score (nSPS) is 30.2. The first kappa shape index (κ1) is 16.6. The molecule has 24 heavy (non-hydrogen) atoms. The maximum Gasteiger partial charge on any atom is 0.252 e. The molecule has 1 saturated heterocycles. The minimum Gasteiger partial charge on any atom is -0.340 e. The maximum absolute atomic E-state index is 12.7. The second-order valence-corrected chi connectivity index (χ2v) is 10.6. The number of fused-ring (bicyclic) bond motifs is 2. The van der Waals surface area contributed by atoms with Crippen LogP contribution in [-0.2, 0) is 14.8 Å². The second kappa shape index (κ2) is 6.12. The van der Waals surface area contributed by atoms with Crippen LogP contribution in [0.5, 0.6) is 0 Å². The van der Waals surface area contributed by atoms with Gasteiger partial charge in [-0.1, -0.05) is 23.8 Å². The fourth-order valence-electron chi connectivity index (χ4n) is 4.01. The third-order valence-electron chi connectivity index (χ3n) is 5.29. The molecule has 8 heteroatoms. The summed E-state index contributed by atoms with van der Waals surface area (Å²) in [6.45, 7) is 1.63. The van der Waals surface area contributed by atoms with Crippen molar-refractivity contribution in [3.63, 3.8) is 0 Å². The van der Waals surface area contributed by atoms with Gasteiger partial charge in [0.1, 0.15) is 4.21 Å². The van der Waals surface area contributed by atoms with Crippen LogP contribution in [0.2, 0.25) is 4.34 Å². The Morgan fingerprint density at radius 1 is 1.12 bits per heavy atom. The summed E-state index contributed by atoms with van der Waals surface area (Å²) in [5.74, 6) is 1.24. The SMILES string of the molecule is O=C([C@H]1C[C@H]2C=C[C@H]1C2)N1CCN(S(=O)(=O)c2ccc(Cl)s2)CC1. The zero-order valence-corrected chi connectivity index (χ0v) is 15.5. The fraction of sp³-hybridized carbons (Fsp3) is 0.562. The molecular weight excluding hydrogens is 368 g/mol. The number of amides is 1. The van der Waals surface area contributed by atoms with Crippen molar-refractivity contribution in [2.75, 3.05) is 26.2 Å². The number of sulfonamides is 1. The number of carbonyl (C=O) groups excluding carboxylic acids is 1. The zero-order chi connectivity index (χ0) is 16.9. The highest BCUT2D eigenvalue weighted by Crippen LogP contribution is 2.44. The van der Waals surface area contributed by atoms with Crippen LogP contribution in [0.3, 0.4) is 0 Å². The van der Waals surface area contributed by atoms with Gasteiger partial charge in [0.05, 0.1) is 4.34 Å².